The van der Waals surface area contributed by atoms with E-state index in [1.807, 2.05) is 30.5 Å². The zero-order chi connectivity index (χ0) is 18.8. The highest BCUT2D eigenvalue weighted by atomic mass is 16.5. The second-order valence-electron chi connectivity index (χ2n) is 7.23. The summed E-state index contributed by atoms with van der Waals surface area (Å²) in [6.07, 6.45) is 3.73. The quantitative estimate of drug-likeness (QED) is 0.810. The summed E-state index contributed by atoms with van der Waals surface area (Å²) in [5, 5.41) is 0. The first-order valence-corrected chi connectivity index (χ1v) is 9.96. The molecule has 0 amide bonds. The molecule has 0 unspecified atom stereocenters. The molecular formula is C21H24N4O3. The monoisotopic (exact) mass is 380 g/mol. The highest BCUT2D eigenvalue weighted by Gasteiger charge is 2.27. The van der Waals surface area contributed by atoms with E-state index in [4.69, 9.17) is 24.2 Å². The van der Waals surface area contributed by atoms with Gasteiger partial charge in [-0.1, -0.05) is 6.07 Å². The first-order chi connectivity index (χ1) is 13.9. The number of anilines is 1. The number of hydrogen-bond acceptors (Lipinski definition) is 7. The molecule has 3 aliphatic heterocycles. The SMILES string of the molecule is c1cc(C2=NCc3ccnc(OC4CCOCC4)c32)nc(N2CCOCC2)c1. The number of fused-ring (bicyclic) bond motifs is 1. The highest BCUT2D eigenvalue weighted by Crippen LogP contribution is 2.31. The van der Waals surface area contributed by atoms with Crippen LogP contribution in [0.1, 0.15) is 29.7 Å². The van der Waals surface area contributed by atoms with Crippen LogP contribution in [0.25, 0.3) is 0 Å². The zero-order valence-electron chi connectivity index (χ0n) is 15.8. The van der Waals surface area contributed by atoms with Crippen molar-refractivity contribution >= 4 is 11.5 Å². The van der Waals surface area contributed by atoms with Crippen LogP contribution in [0.4, 0.5) is 5.82 Å². The number of aliphatic imine (C=N–C) groups is 1. The fourth-order valence-electron chi connectivity index (χ4n) is 3.88. The lowest BCUT2D eigenvalue weighted by molar-refractivity contribution is 0.0236. The summed E-state index contributed by atoms with van der Waals surface area (Å²) < 4.78 is 17.2. The van der Waals surface area contributed by atoms with Crippen LogP contribution in [0, 0.1) is 0 Å². The molecule has 2 fully saturated rings. The Kier molecular flexibility index (Phi) is 4.93. The van der Waals surface area contributed by atoms with E-state index in [1.54, 1.807) is 0 Å². The van der Waals surface area contributed by atoms with E-state index in [-0.39, 0.29) is 6.10 Å². The largest absolute Gasteiger partial charge is 0.474 e. The molecule has 28 heavy (non-hydrogen) atoms. The summed E-state index contributed by atoms with van der Waals surface area (Å²) in [5.74, 6) is 1.63. The van der Waals surface area contributed by atoms with Crippen molar-refractivity contribution in [3.63, 3.8) is 0 Å². The third-order valence-electron chi connectivity index (χ3n) is 5.41. The summed E-state index contributed by atoms with van der Waals surface area (Å²) in [6.45, 7) is 5.32. The number of aromatic nitrogens is 2. The van der Waals surface area contributed by atoms with Gasteiger partial charge in [0.05, 0.1) is 49.9 Å². The van der Waals surface area contributed by atoms with Crippen LogP contribution >= 0.6 is 0 Å². The summed E-state index contributed by atoms with van der Waals surface area (Å²) >= 11 is 0. The van der Waals surface area contributed by atoms with Gasteiger partial charge in [-0.25, -0.2) is 9.97 Å². The minimum atomic E-state index is 0.141. The maximum Gasteiger partial charge on any atom is 0.223 e. The summed E-state index contributed by atoms with van der Waals surface area (Å²) in [4.78, 5) is 16.5. The molecule has 146 valence electrons. The van der Waals surface area contributed by atoms with Crippen LogP contribution in [0.15, 0.2) is 35.5 Å². The second-order valence-corrected chi connectivity index (χ2v) is 7.23. The van der Waals surface area contributed by atoms with E-state index in [2.05, 4.69) is 9.88 Å². The van der Waals surface area contributed by atoms with Crippen LogP contribution in [-0.2, 0) is 16.0 Å². The van der Waals surface area contributed by atoms with Gasteiger partial charge in [0.25, 0.3) is 0 Å². The number of nitrogens with zero attached hydrogens (tertiary/aromatic N) is 4. The molecule has 0 aliphatic carbocycles. The van der Waals surface area contributed by atoms with Gasteiger partial charge in [-0.05, 0) is 23.8 Å². The molecule has 0 N–H and O–H groups in total. The lowest BCUT2D eigenvalue weighted by Crippen LogP contribution is -2.36. The molecule has 5 heterocycles. The van der Waals surface area contributed by atoms with Crippen molar-refractivity contribution in [3.05, 3.63) is 47.3 Å². The van der Waals surface area contributed by atoms with Gasteiger partial charge in [-0.3, -0.25) is 4.99 Å². The molecule has 5 rings (SSSR count). The summed E-state index contributed by atoms with van der Waals surface area (Å²) in [6, 6.07) is 8.13. The van der Waals surface area contributed by atoms with Crippen LogP contribution in [0.2, 0.25) is 0 Å². The number of rotatable bonds is 4. The van der Waals surface area contributed by atoms with Gasteiger partial charge in [0.2, 0.25) is 5.88 Å². The Hall–Kier alpha value is -2.51. The Balaban J connectivity index is 1.44. The van der Waals surface area contributed by atoms with Gasteiger partial charge in [-0.15, -0.1) is 0 Å². The molecule has 2 aromatic rings. The van der Waals surface area contributed by atoms with Gasteiger partial charge in [-0.2, -0.15) is 0 Å². The fourth-order valence-corrected chi connectivity index (χ4v) is 3.88. The molecule has 0 radical (unpaired) electrons. The van der Waals surface area contributed by atoms with E-state index >= 15 is 0 Å². The third-order valence-corrected chi connectivity index (χ3v) is 5.41. The van der Waals surface area contributed by atoms with E-state index in [0.717, 1.165) is 80.7 Å². The minimum absolute atomic E-state index is 0.141. The third kappa shape index (κ3) is 3.47. The molecule has 0 aromatic carbocycles. The standard InChI is InChI=1S/C21H24N4O3/c1-2-17(24-18(3-1)25-8-12-27-13-9-25)20-19-15(14-23-20)4-7-22-21(19)28-16-5-10-26-11-6-16/h1-4,7,16H,5-6,8-14H2. The van der Waals surface area contributed by atoms with Gasteiger partial charge in [0, 0.05) is 32.1 Å². The lowest BCUT2D eigenvalue weighted by atomic mass is 10.0. The molecule has 0 bridgehead atoms. The maximum atomic E-state index is 6.27. The van der Waals surface area contributed by atoms with Crippen LogP contribution < -0.4 is 9.64 Å². The molecule has 7 heteroatoms. The van der Waals surface area contributed by atoms with Crippen molar-refractivity contribution in [1.82, 2.24) is 9.97 Å². The van der Waals surface area contributed by atoms with Gasteiger partial charge >= 0.3 is 0 Å². The molecule has 3 aliphatic rings. The predicted molar refractivity (Wildman–Crippen MR) is 105 cm³/mol. The number of hydrogen-bond donors (Lipinski definition) is 0. The van der Waals surface area contributed by atoms with Crippen LogP contribution in [0.3, 0.4) is 0 Å². The van der Waals surface area contributed by atoms with Crippen molar-refractivity contribution in [2.75, 3.05) is 44.4 Å². The maximum absolute atomic E-state index is 6.27. The minimum Gasteiger partial charge on any atom is -0.474 e. The molecule has 0 saturated carbocycles. The van der Waals surface area contributed by atoms with E-state index in [9.17, 15) is 0 Å². The molecule has 0 atom stereocenters. The average Bonchev–Trinajstić information content (AvgIpc) is 3.21. The second kappa shape index (κ2) is 7.85. The highest BCUT2D eigenvalue weighted by molar-refractivity contribution is 6.15. The summed E-state index contributed by atoms with van der Waals surface area (Å²) in [7, 11) is 0. The molecule has 7 nitrogen and oxygen atoms in total. The topological polar surface area (TPSA) is 69.1 Å². The Morgan fingerprint density at radius 2 is 1.82 bits per heavy atom. The van der Waals surface area contributed by atoms with Crippen molar-refractivity contribution < 1.29 is 14.2 Å². The fraction of sp³-hybridized carbons (Fsp3) is 0.476. The van der Waals surface area contributed by atoms with E-state index in [0.29, 0.717) is 12.4 Å². The van der Waals surface area contributed by atoms with Crippen LogP contribution in [-0.4, -0.2) is 61.3 Å². The van der Waals surface area contributed by atoms with Gasteiger partial charge < -0.3 is 19.1 Å². The smallest absolute Gasteiger partial charge is 0.223 e. The van der Waals surface area contributed by atoms with Gasteiger partial charge in [0.1, 0.15) is 11.9 Å². The predicted octanol–water partition coefficient (Wildman–Crippen LogP) is 2.22. The molecule has 2 saturated heterocycles. The van der Waals surface area contributed by atoms with Crippen molar-refractivity contribution in [1.29, 1.82) is 0 Å². The number of pyridine rings is 2. The Bertz CT molecular complexity index is 874. The number of morpholine rings is 1. The van der Waals surface area contributed by atoms with Crippen LogP contribution in [0.5, 0.6) is 5.88 Å². The Labute approximate surface area is 164 Å². The van der Waals surface area contributed by atoms with E-state index in [1.165, 1.54) is 0 Å². The molecule has 2 aromatic heterocycles. The first kappa shape index (κ1) is 17.6. The molecular weight excluding hydrogens is 356 g/mol. The first-order valence-electron chi connectivity index (χ1n) is 9.96. The normalized spacial score (nSPS) is 20.0. The van der Waals surface area contributed by atoms with Gasteiger partial charge in [0.15, 0.2) is 0 Å². The number of ether oxygens (including phenoxy) is 3. The summed E-state index contributed by atoms with van der Waals surface area (Å²) in [5.41, 5.74) is 3.87. The molecule has 0 spiro atoms. The van der Waals surface area contributed by atoms with Crippen molar-refractivity contribution in [2.24, 2.45) is 4.99 Å². The lowest BCUT2D eigenvalue weighted by Gasteiger charge is -2.28. The van der Waals surface area contributed by atoms with E-state index < -0.39 is 0 Å². The average molecular weight is 380 g/mol. The van der Waals surface area contributed by atoms with Crippen molar-refractivity contribution in [2.45, 2.75) is 25.5 Å². The van der Waals surface area contributed by atoms with Crippen molar-refractivity contribution in [3.8, 4) is 5.88 Å². The zero-order valence-corrected chi connectivity index (χ0v) is 15.8. The Morgan fingerprint density at radius 1 is 1.00 bits per heavy atom. The Morgan fingerprint density at radius 3 is 2.68 bits per heavy atom.